The first-order valence-electron chi connectivity index (χ1n) is 10.2. The molecule has 0 aromatic heterocycles. The fourth-order valence-electron chi connectivity index (χ4n) is 3.11. The molecule has 162 valence electrons. The topological polar surface area (TPSA) is 18.5 Å². The number of allylic oxidation sites excluding steroid dienone is 3. The van der Waals surface area contributed by atoms with Gasteiger partial charge in [0, 0.05) is 0 Å². The van der Waals surface area contributed by atoms with E-state index in [4.69, 9.17) is 9.47 Å². The molecular formula is C26H25F3O2. The highest BCUT2D eigenvalue weighted by molar-refractivity contribution is 5.85. The highest BCUT2D eigenvalue weighted by Crippen LogP contribution is 2.35. The molecule has 3 aromatic carbocycles. The standard InChI is InChI=1S/C26H25F3O2/c1-3-5-7-8-19-9-12-22(13-10-19)26(28,29)31-25-18-20-11-14-23(30-15-6-4-2)16-21(20)17-24(25)27/h3-6,9-14,16-18H,7-8,15H2,1-2H3/b5-3+,6-4+. The third kappa shape index (κ3) is 5.91. The molecule has 31 heavy (non-hydrogen) atoms. The first kappa shape index (κ1) is 22.5. The summed E-state index contributed by atoms with van der Waals surface area (Å²) in [6.07, 6.45) is 5.62. The van der Waals surface area contributed by atoms with Crippen molar-refractivity contribution in [1.82, 2.24) is 0 Å². The summed E-state index contributed by atoms with van der Waals surface area (Å²) in [5.74, 6) is -0.795. The number of hydrogen-bond donors (Lipinski definition) is 0. The van der Waals surface area contributed by atoms with Crippen molar-refractivity contribution in [2.75, 3.05) is 6.61 Å². The molecular weight excluding hydrogens is 401 g/mol. The number of alkyl halides is 2. The minimum Gasteiger partial charge on any atom is -0.490 e. The number of rotatable bonds is 9. The summed E-state index contributed by atoms with van der Waals surface area (Å²) in [7, 11) is 0. The van der Waals surface area contributed by atoms with Gasteiger partial charge in [0.1, 0.15) is 12.4 Å². The summed E-state index contributed by atoms with van der Waals surface area (Å²) in [6, 6.07) is 13.4. The first-order valence-corrected chi connectivity index (χ1v) is 10.2. The molecule has 0 spiro atoms. The Morgan fingerprint density at radius 1 is 0.871 bits per heavy atom. The fraction of sp³-hybridized carbons (Fsp3) is 0.231. The lowest BCUT2D eigenvalue weighted by Gasteiger charge is -2.19. The van der Waals surface area contributed by atoms with E-state index in [2.05, 4.69) is 0 Å². The Kier molecular flexibility index (Phi) is 7.40. The van der Waals surface area contributed by atoms with Gasteiger partial charge in [0.2, 0.25) is 0 Å². The van der Waals surface area contributed by atoms with Crippen LogP contribution in [0.15, 0.2) is 78.9 Å². The molecule has 0 heterocycles. The van der Waals surface area contributed by atoms with E-state index in [0.717, 1.165) is 18.4 Å². The predicted molar refractivity (Wildman–Crippen MR) is 118 cm³/mol. The smallest absolute Gasteiger partial charge is 0.426 e. The number of hydrogen-bond acceptors (Lipinski definition) is 2. The van der Waals surface area contributed by atoms with Crippen LogP contribution in [0.2, 0.25) is 0 Å². The number of halogens is 3. The van der Waals surface area contributed by atoms with Gasteiger partial charge in [-0.05, 0) is 79.4 Å². The SMILES string of the molecule is C/C=C/CCc1ccc(C(F)(F)Oc2cc3ccc(OC/C=C/C)cc3cc2F)cc1. The lowest BCUT2D eigenvalue weighted by atomic mass is 10.1. The lowest BCUT2D eigenvalue weighted by molar-refractivity contribution is -0.186. The van der Waals surface area contributed by atoms with Gasteiger partial charge in [-0.2, -0.15) is 8.78 Å². The van der Waals surface area contributed by atoms with Crippen molar-refractivity contribution in [3.8, 4) is 11.5 Å². The molecule has 0 aliphatic rings. The van der Waals surface area contributed by atoms with Crippen LogP contribution in [0, 0.1) is 5.82 Å². The Bertz CT molecular complexity index is 1070. The summed E-state index contributed by atoms with van der Waals surface area (Å²) in [4.78, 5) is 0. The van der Waals surface area contributed by atoms with E-state index in [1.807, 2.05) is 38.2 Å². The quantitative estimate of drug-likeness (QED) is 0.329. The zero-order valence-corrected chi connectivity index (χ0v) is 17.6. The van der Waals surface area contributed by atoms with Crippen molar-refractivity contribution < 1.29 is 22.6 Å². The molecule has 2 nitrogen and oxygen atoms in total. The normalized spacial score (nSPS) is 12.2. The summed E-state index contributed by atoms with van der Waals surface area (Å²) < 4.78 is 54.2. The molecule has 5 heteroatoms. The van der Waals surface area contributed by atoms with Crippen molar-refractivity contribution in [1.29, 1.82) is 0 Å². The van der Waals surface area contributed by atoms with Crippen LogP contribution < -0.4 is 9.47 Å². The Balaban J connectivity index is 1.77. The van der Waals surface area contributed by atoms with Crippen LogP contribution in [-0.4, -0.2) is 6.61 Å². The predicted octanol–water partition coefficient (Wildman–Crippen LogP) is 7.57. The monoisotopic (exact) mass is 426 g/mol. The maximum absolute atomic E-state index is 14.7. The zero-order chi connectivity index (χ0) is 22.3. The van der Waals surface area contributed by atoms with E-state index >= 15 is 0 Å². The maximum atomic E-state index is 14.7. The fourth-order valence-corrected chi connectivity index (χ4v) is 3.11. The Labute approximate surface area is 180 Å². The van der Waals surface area contributed by atoms with Crippen molar-refractivity contribution >= 4 is 10.8 Å². The summed E-state index contributed by atoms with van der Waals surface area (Å²) in [5.41, 5.74) is 0.622. The number of aryl methyl sites for hydroxylation is 1. The van der Waals surface area contributed by atoms with E-state index < -0.39 is 17.7 Å². The molecule has 0 aliphatic heterocycles. The van der Waals surface area contributed by atoms with Crippen LogP contribution >= 0.6 is 0 Å². The van der Waals surface area contributed by atoms with Crippen LogP contribution in [0.1, 0.15) is 31.4 Å². The van der Waals surface area contributed by atoms with Crippen molar-refractivity contribution in [2.45, 2.75) is 32.8 Å². The van der Waals surface area contributed by atoms with E-state index in [0.29, 0.717) is 23.1 Å². The molecule has 0 saturated carbocycles. The average molecular weight is 426 g/mol. The van der Waals surface area contributed by atoms with Crippen LogP contribution in [0.3, 0.4) is 0 Å². The van der Waals surface area contributed by atoms with Gasteiger partial charge in [-0.3, -0.25) is 0 Å². The van der Waals surface area contributed by atoms with Crippen LogP contribution in [0.25, 0.3) is 10.8 Å². The van der Waals surface area contributed by atoms with Gasteiger partial charge < -0.3 is 9.47 Å². The van der Waals surface area contributed by atoms with Crippen molar-refractivity contribution in [2.24, 2.45) is 0 Å². The van der Waals surface area contributed by atoms with Gasteiger partial charge in [-0.25, -0.2) is 4.39 Å². The first-order chi connectivity index (χ1) is 14.9. The van der Waals surface area contributed by atoms with E-state index in [1.54, 1.807) is 30.3 Å². The van der Waals surface area contributed by atoms with Crippen molar-refractivity contribution in [3.63, 3.8) is 0 Å². The molecule has 0 unspecified atom stereocenters. The van der Waals surface area contributed by atoms with E-state index in [1.165, 1.54) is 24.3 Å². The Morgan fingerprint density at radius 3 is 2.32 bits per heavy atom. The van der Waals surface area contributed by atoms with Gasteiger partial charge in [0.25, 0.3) is 0 Å². The highest BCUT2D eigenvalue weighted by Gasteiger charge is 2.35. The van der Waals surface area contributed by atoms with Gasteiger partial charge in [0.15, 0.2) is 11.6 Å². The molecule has 3 rings (SSSR count). The summed E-state index contributed by atoms with van der Waals surface area (Å²) >= 11 is 0. The molecule has 0 N–H and O–H groups in total. The Hall–Kier alpha value is -3.21. The zero-order valence-electron chi connectivity index (χ0n) is 17.6. The molecule has 0 amide bonds. The lowest BCUT2D eigenvalue weighted by Crippen LogP contribution is -2.22. The van der Waals surface area contributed by atoms with Crippen LogP contribution in [0.4, 0.5) is 13.2 Å². The van der Waals surface area contributed by atoms with Crippen LogP contribution in [0.5, 0.6) is 11.5 Å². The average Bonchev–Trinajstić information content (AvgIpc) is 2.75. The van der Waals surface area contributed by atoms with Gasteiger partial charge in [0.05, 0.1) is 5.56 Å². The van der Waals surface area contributed by atoms with Gasteiger partial charge >= 0.3 is 6.11 Å². The molecule has 0 fully saturated rings. The molecule has 0 atom stereocenters. The van der Waals surface area contributed by atoms with E-state index in [-0.39, 0.29) is 5.56 Å². The van der Waals surface area contributed by atoms with Crippen LogP contribution in [-0.2, 0) is 12.5 Å². The minimum absolute atomic E-state index is 0.325. The Morgan fingerprint density at radius 2 is 1.61 bits per heavy atom. The van der Waals surface area contributed by atoms with E-state index in [9.17, 15) is 13.2 Å². The van der Waals surface area contributed by atoms with Crippen molar-refractivity contribution in [3.05, 3.63) is 95.8 Å². The highest BCUT2D eigenvalue weighted by atomic mass is 19.3. The number of fused-ring (bicyclic) bond motifs is 1. The third-order valence-electron chi connectivity index (χ3n) is 4.81. The second kappa shape index (κ2) is 10.2. The molecule has 3 aromatic rings. The number of benzene rings is 3. The molecule has 0 bridgehead atoms. The molecule has 0 aliphatic carbocycles. The summed E-state index contributed by atoms with van der Waals surface area (Å²) in [5, 5.41) is 1.11. The number of ether oxygens (including phenoxy) is 2. The second-order valence-electron chi connectivity index (χ2n) is 7.10. The molecule has 0 saturated heterocycles. The largest absolute Gasteiger partial charge is 0.490 e. The minimum atomic E-state index is -3.66. The molecule has 0 radical (unpaired) electrons. The maximum Gasteiger partial charge on any atom is 0.426 e. The van der Waals surface area contributed by atoms with Gasteiger partial charge in [-0.1, -0.05) is 42.5 Å². The summed E-state index contributed by atoms with van der Waals surface area (Å²) in [6.45, 7) is 4.22. The van der Waals surface area contributed by atoms with Gasteiger partial charge in [-0.15, -0.1) is 0 Å². The second-order valence-corrected chi connectivity index (χ2v) is 7.10. The third-order valence-corrected chi connectivity index (χ3v) is 4.81.